The van der Waals surface area contributed by atoms with Gasteiger partial charge in [-0.05, 0) is 37.1 Å². The van der Waals surface area contributed by atoms with Crippen molar-refractivity contribution in [3.63, 3.8) is 0 Å². The van der Waals surface area contributed by atoms with Gasteiger partial charge >= 0.3 is 0 Å². The van der Waals surface area contributed by atoms with E-state index in [0.717, 1.165) is 11.3 Å². The molecule has 1 aromatic carbocycles. The Bertz CT molecular complexity index is 1030. The number of carbonyl (C=O) groups is 1. The van der Waals surface area contributed by atoms with Crippen LogP contribution in [0.4, 0.5) is 16.0 Å². The first-order valence-electron chi connectivity index (χ1n) is 8.68. The largest absolute Gasteiger partial charge is 0.438 e. The Morgan fingerprint density at radius 2 is 1.93 bits per heavy atom. The van der Waals surface area contributed by atoms with Crippen molar-refractivity contribution >= 4 is 39.1 Å². The van der Waals surface area contributed by atoms with Gasteiger partial charge in [0.25, 0.3) is 5.91 Å². The van der Waals surface area contributed by atoms with Crippen LogP contribution in [0.1, 0.15) is 22.5 Å². The summed E-state index contributed by atoms with van der Waals surface area (Å²) in [7, 11) is 0. The number of piperidine rings is 1. The molecule has 10 heteroatoms. The second kappa shape index (κ2) is 7.21. The predicted octanol–water partition coefficient (Wildman–Crippen LogP) is 2.26. The molecule has 0 radical (unpaired) electrons. The number of thiophene rings is 1. The smallest absolute Gasteiger partial charge is 0.260 e. The number of nitrogens with two attached hydrogens (primary N) is 2. The van der Waals surface area contributed by atoms with Crippen molar-refractivity contribution in [2.75, 3.05) is 23.7 Å². The summed E-state index contributed by atoms with van der Waals surface area (Å²) >= 11 is 1.07. The number of halogens is 1. The number of aliphatic hydroxyl groups excluding tert-OH is 1. The van der Waals surface area contributed by atoms with Crippen LogP contribution in [0.2, 0.25) is 0 Å². The molecule has 0 atom stereocenters. The molecule has 28 heavy (non-hydrogen) atoms. The Morgan fingerprint density at radius 1 is 1.25 bits per heavy atom. The zero-order valence-corrected chi connectivity index (χ0v) is 15.6. The van der Waals surface area contributed by atoms with Crippen LogP contribution in [0.5, 0.6) is 11.6 Å². The molecule has 1 aliphatic heterocycles. The first-order chi connectivity index (χ1) is 13.4. The molecule has 146 valence electrons. The SMILES string of the molecule is NC(=O)c1sc2nc(N3CCC(O)CC3)nc(Oc3ccc(F)cc3)c2c1N. The number of nitrogen functional groups attached to an aromatic ring is 1. The number of aromatic nitrogens is 2. The Kier molecular flexibility index (Phi) is 4.73. The molecule has 1 aliphatic rings. The summed E-state index contributed by atoms with van der Waals surface area (Å²) in [6.45, 7) is 1.18. The molecule has 0 spiro atoms. The molecule has 4 rings (SSSR count). The highest BCUT2D eigenvalue weighted by Gasteiger charge is 2.25. The summed E-state index contributed by atoms with van der Waals surface area (Å²) in [5.74, 6) is -0.102. The number of primary amides is 1. The van der Waals surface area contributed by atoms with Crippen LogP contribution in [-0.2, 0) is 0 Å². The average Bonchev–Trinajstić information content (AvgIpc) is 3.01. The molecule has 1 fully saturated rings. The Balaban J connectivity index is 1.81. The van der Waals surface area contributed by atoms with E-state index < -0.39 is 5.91 Å². The zero-order valence-electron chi connectivity index (χ0n) is 14.8. The maximum Gasteiger partial charge on any atom is 0.260 e. The van der Waals surface area contributed by atoms with Gasteiger partial charge in [-0.25, -0.2) is 9.37 Å². The van der Waals surface area contributed by atoms with E-state index in [4.69, 9.17) is 16.2 Å². The topological polar surface area (TPSA) is 128 Å². The van der Waals surface area contributed by atoms with Gasteiger partial charge in [0.1, 0.15) is 21.3 Å². The number of hydrogen-bond donors (Lipinski definition) is 3. The van der Waals surface area contributed by atoms with Gasteiger partial charge in [-0.2, -0.15) is 4.98 Å². The van der Waals surface area contributed by atoms with E-state index in [9.17, 15) is 14.3 Å². The number of carbonyl (C=O) groups excluding carboxylic acids is 1. The van der Waals surface area contributed by atoms with Gasteiger partial charge in [0.2, 0.25) is 11.8 Å². The minimum Gasteiger partial charge on any atom is -0.438 e. The van der Waals surface area contributed by atoms with Gasteiger partial charge < -0.3 is 26.2 Å². The monoisotopic (exact) mass is 403 g/mol. The summed E-state index contributed by atoms with van der Waals surface area (Å²) in [6.07, 6.45) is 0.873. The molecular formula is C18H18FN5O3S. The molecule has 3 heterocycles. The predicted molar refractivity (Wildman–Crippen MR) is 104 cm³/mol. The fourth-order valence-corrected chi connectivity index (χ4v) is 3.99. The molecule has 5 N–H and O–H groups in total. The maximum absolute atomic E-state index is 13.2. The van der Waals surface area contributed by atoms with Crippen molar-refractivity contribution in [1.29, 1.82) is 0 Å². The van der Waals surface area contributed by atoms with E-state index in [1.54, 1.807) is 0 Å². The highest BCUT2D eigenvalue weighted by atomic mass is 32.1. The first-order valence-corrected chi connectivity index (χ1v) is 9.50. The minimum absolute atomic E-state index is 0.158. The Hall–Kier alpha value is -2.98. The van der Waals surface area contributed by atoms with E-state index in [1.807, 2.05) is 4.90 Å². The molecule has 0 bridgehead atoms. The molecule has 1 amide bonds. The van der Waals surface area contributed by atoms with Crippen LogP contribution in [0.3, 0.4) is 0 Å². The fourth-order valence-electron chi connectivity index (χ4n) is 3.06. The van der Waals surface area contributed by atoms with Gasteiger partial charge in [-0.15, -0.1) is 11.3 Å². The van der Waals surface area contributed by atoms with E-state index in [1.165, 1.54) is 24.3 Å². The van der Waals surface area contributed by atoms with Crippen LogP contribution in [0, 0.1) is 5.82 Å². The van der Waals surface area contributed by atoms with Gasteiger partial charge in [-0.1, -0.05) is 0 Å². The molecule has 8 nitrogen and oxygen atoms in total. The van der Waals surface area contributed by atoms with E-state index in [2.05, 4.69) is 9.97 Å². The summed E-state index contributed by atoms with van der Waals surface area (Å²) in [5, 5.41) is 10.1. The first kappa shape index (κ1) is 18.4. The van der Waals surface area contributed by atoms with Crippen molar-refractivity contribution in [2.45, 2.75) is 18.9 Å². The number of benzene rings is 1. The third kappa shape index (κ3) is 3.43. The standard InChI is InChI=1S/C18H18FN5O3S/c19-9-1-3-11(4-2-9)27-16-12-13(20)14(15(21)26)28-17(12)23-18(22-16)24-7-5-10(25)6-8-24/h1-4,10,25H,5-8,20H2,(H2,21,26). The lowest BCUT2D eigenvalue weighted by Crippen LogP contribution is -2.36. The van der Waals surface area contributed by atoms with Crippen LogP contribution in [0.15, 0.2) is 24.3 Å². The quantitative estimate of drug-likeness (QED) is 0.610. The number of anilines is 2. The number of nitrogens with zero attached hydrogens (tertiary/aromatic N) is 3. The normalized spacial score (nSPS) is 15.1. The fraction of sp³-hybridized carbons (Fsp3) is 0.278. The second-order valence-electron chi connectivity index (χ2n) is 6.49. The number of amides is 1. The minimum atomic E-state index is -0.657. The molecule has 2 aromatic heterocycles. The van der Waals surface area contributed by atoms with Gasteiger partial charge in [0.05, 0.1) is 17.2 Å². The number of ether oxygens (including phenoxy) is 1. The highest BCUT2D eigenvalue weighted by molar-refractivity contribution is 7.21. The number of rotatable bonds is 4. The maximum atomic E-state index is 13.2. The summed E-state index contributed by atoms with van der Waals surface area (Å²) < 4.78 is 19.0. The van der Waals surface area contributed by atoms with E-state index >= 15 is 0 Å². The van der Waals surface area contributed by atoms with Gasteiger partial charge in [-0.3, -0.25) is 4.79 Å². The van der Waals surface area contributed by atoms with E-state index in [-0.39, 0.29) is 28.4 Å². The van der Waals surface area contributed by atoms with Gasteiger partial charge in [0, 0.05) is 13.1 Å². The molecule has 3 aromatic rings. The van der Waals surface area contributed by atoms with Crippen LogP contribution >= 0.6 is 11.3 Å². The lowest BCUT2D eigenvalue weighted by Gasteiger charge is -2.29. The van der Waals surface area contributed by atoms with Crippen molar-refractivity contribution in [2.24, 2.45) is 5.73 Å². The highest BCUT2D eigenvalue weighted by Crippen LogP contribution is 2.40. The summed E-state index contributed by atoms with van der Waals surface area (Å²) in [5.41, 5.74) is 11.7. The van der Waals surface area contributed by atoms with Crippen molar-refractivity contribution in [3.05, 3.63) is 35.0 Å². The van der Waals surface area contributed by atoms with Crippen molar-refractivity contribution < 1.29 is 19.0 Å². The molecule has 0 saturated carbocycles. The van der Waals surface area contributed by atoms with Crippen LogP contribution < -0.4 is 21.1 Å². The summed E-state index contributed by atoms with van der Waals surface area (Å²) in [4.78, 5) is 23.3. The third-order valence-electron chi connectivity index (χ3n) is 4.54. The van der Waals surface area contributed by atoms with Crippen molar-refractivity contribution in [3.8, 4) is 11.6 Å². The van der Waals surface area contributed by atoms with Crippen LogP contribution in [0.25, 0.3) is 10.2 Å². The third-order valence-corrected chi connectivity index (χ3v) is 5.66. The number of fused-ring (bicyclic) bond motifs is 1. The molecule has 1 saturated heterocycles. The van der Waals surface area contributed by atoms with Crippen molar-refractivity contribution in [1.82, 2.24) is 9.97 Å². The lowest BCUT2D eigenvalue weighted by molar-refractivity contribution is 0.100. The molecular weight excluding hydrogens is 385 g/mol. The molecule has 0 unspecified atom stereocenters. The lowest BCUT2D eigenvalue weighted by atomic mass is 10.1. The zero-order chi connectivity index (χ0) is 19.8. The van der Waals surface area contributed by atoms with Crippen LogP contribution in [-0.4, -0.2) is 40.2 Å². The number of hydrogen-bond acceptors (Lipinski definition) is 8. The number of aliphatic hydroxyl groups is 1. The van der Waals surface area contributed by atoms with Gasteiger partial charge in [0.15, 0.2) is 0 Å². The second-order valence-corrected chi connectivity index (χ2v) is 7.49. The average molecular weight is 403 g/mol. The Morgan fingerprint density at radius 3 is 2.57 bits per heavy atom. The van der Waals surface area contributed by atoms with E-state index in [0.29, 0.717) is 47.8 Å². The Labute approximate surface area is 163 Å². The molecule has 0 aliphatic carbocycles. The summed E-state index contributed by atoms with van der Waals surface area (Å²) in [6, 6.07) is 5.48.